The molecule has 7 rings (SSSR count). The molecular weight excluding hydrogens is 584 g/mol. The lowest BCUT2D eigenvalue weighted by molar-refractivity contribution is 0.0642. The summed E-state index contributed by atoms with van der Waals surface area (Å²) in [6, 6.07) is 21.2. The summed E-state index contributed by atoms with van der Waals surface area (Å²) in [5.41, 5.74) is 6.59. The van der Waals surface area contributed by atoms with E-state index in [4.69, 9.17) is 5.10 Å². The van der Waals surface area contributed by atoms with Crippen molar-refractivity contribution in [3.8, 4) is 0 Å². The van der Waals surface area contributed by atoms with Gasteiger partial charge < -0.3 is 0 Å². The Bertz CT molecular complexity index is 1630. The number of urea groups is 1. The first-order valence-electron chi connectivity index (χ1n) is 17.9. The molecule has 2 aliphatic heterocycles. The number of nitrogens with zero attached hydrogens (tertiary/aromatic N) is 4. The molecule has 7 nitrogen and oxygen atoms in total. The molecule has 4 amide bonds. The molecule has 7 heteroatoms. The van der Waals surface area contributed by atoms with E-state index in [1.165, 1.54) is 56.3 Å². The second-order valence-corrected chi connectivity index (χ2v) is 13.9. The highest BCUT2D eigenvalue weighted by atomic mass is 16.2. The van der Waals surface area contributed by atoms with E-state index in [-0.39, 0.29) is 30.4 Å². The van der Waals surface area contributed by atoms with Crippen LogP contribution in [0.25, 0.3) is 0 Å². The van der Waals surface area contributed by atoms with Crippen LogP contribution in [-0.2, 0) is 6.54 Å². The third kappa shape index (κ3) is 6.37. The van der Waals surface area contributed by atoms with E-state index in [9.17, 15) is 14.4 Å². The number of anilines is 2. The molecule has 47 heavy (non-hydrogen) atoms. The number of aryl methyl sites for hydroxylation is 1. The highest BCUT2D eigenvalue weighted by Gasteiger charge is 2.38. The molecule has 0 unspecified atom stereocenters. The Morgan fingerprint density at radius 2 is 1.23 bits per heavy atom. The Hall–Kier alpha value is -4.26. The molecule has 3 aromatic carbocycles. The number of hydrazone groups is 1. The van der Waals surface area contributed by atoms with Crippen LogP contribution in [0.1, 0.15) is 127 Å². The fraction of sp³-hybridized carbons (Fsp3) is 0.450. The number of hydrogen-bond donors (Lipinski definition) is 0. The zero-order valence-electron chi connectivity index (χ0n) is 27.6. The van der Waals surface area contributed by atoms with E-state index in [0.717, 1.165) is 72.3 Å². The van der Waals surface area contributed by atoms with Crippen LogP contribution in [0.5, 0.6) is 0 Å². The third-order valence-electron chi connectivity index (χ3n) is 10.6. The maximum Gasteiger partial charge on any atom is 0.349 e. The number of rotatable bonds is 5. The summed E-state index contributed by atoms with van der Waals surface area (Å²) in [5, 5.41) is 7.25. The Morgan fingerprint density at radius 3 is 1.87 bits per heavy atom. The van der Waals surface area contributed by atoms with Crippen molar-refractivity contribution in [1.82, 2.24) is 9.91 Å². The van der Waals surface area contributed by atoms with E-state index < -0.39 is 0 Å². The number of fused-ring (bicyclic) bond motifs is 2. The molecule has 0 saturated heterocycles. The van der Waals surface area contributed by atoms with Gasteiger partial charge in [0.05, 0.1) is 40.8 Å². The fourth-order valence-corrected chi connectivity index (χ4v) is 7.97. The molecule has 0 radical (unpaired) electrons. The quantitative estimate of drug-likeness (QED) is 0.264. The third-order valence-corrected chi connectivity index (χ3v) is 10.6. The summed E-state index contributed by atoms with van der Waals surface area (Å²) in [7, 11) is 0. The zero-order valence-corrected chi connectivity index (χ0v) is 27.6. The summed E-state index contributed by atoms with van der Waals surface area (Å²) in [4.78, 5) is 44.2. The van der Waals surface area contributed by atoms with Gasteiger partial charge in [0.25, 0.3) is 11.8 Å². The van der Waals surface area contributed by atoms with Gasteiger partial charge in [0.15, 0.2) is 0 Å². The van der Waals surface area contributed by atoms with Gasteiger partial charge in [-0.25, -0.2) is 9.80 Å². The van der Waals surface area contributed by atoms with Crippen molar-refractivity contribution in [3.63, 3.8) is 0 Å². The van der Waals surface area contributed by atoms with Gasteiger partial charge >= 0.3 is 6.03 Å². The molecule has 0 spiro atoms. The molecule has 2 aliphatic carbocycles. The van der Waals surface area contributed by atoms with Crippen molar-refractivity contribution in [2.24, 2.45) is 11.0 Å². The first-order chi connectivity index (χ1) is 23.0. The molecule has 0 atom stereocenters. The van der Waals surface area contributed by atoms with Crippen LogP contribution in [0.15, 0.2) is 71.8 Å². The normalized spacial score (nSPS) is 20.1. The SMILES string of the molecule is Cc1ccc2c(c1)N(c1ccc(CN3C(=O)c4ccccc4C3=O)cc1)C(=O)N(C1CCCCCCCCC1)N=C2C1CCCCC1. The smallest absolute Gasteiger partial charge is 0.270 e. The summed E-state index contributed by atoms with van der Waals surface area (Å²) >= 11 is 0. The van der Waals surface area contributed by atoms with Crippen LogP contribution in [0.2, 0.25) is 0 Å². The predicted molar refractivity (Wildman–Crippen MR) is 186 cm³/mol. The van der Waals surface area contributed by atoms with Gasteiger partial charge in [-0.3, -0.25) is 19.4 Å². The lowest BCUT2D eigenvalue weighted by Gasteiger charge is -2.32. The number of hydrogen-bond acceptors (Lipinski definition) is 4. The molecular formula is C40H46N4O3. The van der Waals surface area contributed by atoms with Gasteiger partial charge in [0.2, 0.25) is 0 Å². The first kappa shape index (κ1) is 31.3. The summed E-state index contributed by atoms with van der Waals surface area (Å²) in [6.45, 7) is 2.26. The minimum absolute atomic E-state index is 0.0604. The zero-order chi connectivity index (χ0) is 32.3. The number of imide groups is 1. The Morgan fingerprint density at radius 1 is 0.660 bits per heavy atom. The van der Waals surface area contributed by atoms with Gasteiger partial charge in [-0.1, -0.05) is 101 Å². The summed E-state index contributed by atoms with van der Waals surface area (Å²) in [6.07, 6.45) is 16.3. The monoisotopic (exact) mass is 630 g/mol. The van der Waals surface area contributed by atoms with Crippen LogP contribution in [0, 0.1) is 12.8 Å². The number of carbonyl (C=O) groups is 3. The molecule has 2 saturated carbocycles. The average Bonchev–Trinajstić information content (AvgIpc) is 3.25. The Labute approximate surface area is 278 Å². The van der Waals surface area contributed by atoms with Crippen LogP contribution in [0.3, 0.4) is 0 Å². The second kappa shape index (κ2) is 13.8. The maximum absolute atomic E-state index is 14.9. The predicted octanol–water partition coefficient (Wildman–Crippen LogP) is 9.54. The van der Waals surface area contributed by atoms with Gasteiger partial charge in [0.1, 0.15) is 0 Å². The number of benzene rings is 3. The minimum Gasteiger partial charge on any atom is -0.270 e. The van der Waals surface area contributed by atoms with Crippen molar-refractivity contribution in [3.05, 3.63) is 94.5 Å². The van der Waals surface area contributed by atoms with Crippen LogP contribution < -0.4 is 4.90 Å². The maximum atomic E-state index is 14.9. The van der Waals surface area contributed by atoms with Gasteiger partial charge in [-0.05, 0) is 74.1 Å². The van der Waals surface area contributed by atoms with E-state index in [0.29, 0.717) is 17.0 Å². The van der Waals surface area contributed by atoms with Crippen molar-refractivity contribution in [1.29, 1.82) is 0 Å². The molecule has 0 N–H and O–H groups in total. The number of amides is 4. The van der Waals surface area contributed by atoms with Crippen molar-refractivity contribution in [2.75, 3.05) is 4.90 Å². The second-order valence-electron chi connectivity index (χ2n) is 13.9. The molecule has 2 fully saturated rings. The lowest BCUT2D eigenvalue weighted by Crippen LogP contribution is -2.43. The molecule has 244 valence electrons. The van der Waals surface area contributed by atoms with E-state index >= 15 is 0 Å². The minimum atomic E-state index is -0.268. The van der Waals surface area contributed by atoms with Gasteiger partial charge in [-0.2, -0.15) is 5.10 Å². The molecule has 4 aliphatic rings. The van der Waals surface area contributed by atoms with E-state index in [2.05, 4.69) is 25.1 Å². The summed E-state index contributed by atoms with van der Waals surface area (Å²) in [5.74, 6) is -0.201. The molecule has 0 bridgehead atoms. The Kier molecular flexibility index (Phi) is 9.23. The topological polar surface area (TPSA) is 73.3 Å². The van der Waals surface area contributed by atoms with E-state index in [1.807, 2.05) is 34.2 Å². The molecule has 0 aromatic heterocycles. The first-order valence-corrected chi connectivity index (χ1v) is 17.9. The van der Waals surface area contributed by atoms with Crippen LogP contribution in [-0.4, -0.2) is 39.5 Å². The van der Waals surface area contributed by atoms with E-state index in [1.54, 1.807) is 24.3 Å². The van der Waals surface area contributed by atoms with Crippen molar-refractivity contribution in [2.45, 2.75) is 109 Å². The largest absolute Gasteiger partial charge is 0.349 e. The number of carbonyl (C=O) groups excluding carboxylic acids is 3. The van der Waals surface area contributed by atoms with Crippen LogP contribution in [0.4, 0.5) is 16.2 Å². The molecule has 2 heterocycles. The standard InChI is InChI=1S/C40H46N4O3/c1-28-20-25-35-36(26-28)43(31-23-21-29(22-24-31)27-42-38(45)33-18-12-13-19-34(33)39(42)46)40(47)44(41-37(35)30-14-8-7-9-15-30)32-16-10-5-3-2-4-6-11-17-32/h12-13,18-26,30,32H,2-11,14-17,27H2,1H3. The highest BCUT2D eigenvalue weighted by molar-refractivity contribution is 6.21. The van der Waals surface area contributed by atoms with Crippen LogP contribution >= 0.6 is 0 Å². The lowest BCUT2D eigenvalue weighted by atomic mass is 9.82. The fourth-order valence-electron chi connectivity index (χ4n) is 7.97. The summed E-state index contributed by atoms with van der Waals surface area (Å²) < 4.78 is 0. The highest BCUT2D eigenvalue weighted by Crippen LogP contribution is 2.39. The van der Waals surface area contributed by atoms with Crippen molar-refractivity contribution < 1.29 is 14.4 Å². The average molecular weight is 631 g/mol. The Balaban J connectivity index is 1.25. The molecule has 3 aromatic rings. The van der Waals surface area contributed by atoms with Gasteiger partial charge in [0, 0.05) is 11.5 Å². The van der Waals surface area contributed by atoms with Gasteiger partial charge in [-0.15, -0.1) is 0 Å². The van der Waals surface area contributed by atoms with Crippen molar-refractivity contribution >= 4 is 34.9 Å².